The summed E-state index contributed by atoms with van der Waals surface area (Å²) in [6.07, 6.45) is 0.956. The molecule has 0 atom stereocenters. The van der Waals surface area contributed by atoms with E-state index in [9.17, 15) is 0 Å². The maximum atomic E-state index is 4.80. The van der Waals surface area contributed by atoms with E-state index in [-0.39, 0.29) is 5.79 Å². The number of hydrogen-bond acceptors (Lipinski definition) is 5. The number of rotatable bonds is 0. The standard InChI is InChI=1S/C4H8N2O2S/c1-2-9-6-5-3-4(1)7-8-4/h5-6H,1-3H2. The molecule has 2 N–H and O–H groups in total. The molecule has 2 fully saturated rings. The zero-order valence-corrected chi connectivity index (χ0v) is 5.66. The summed E-state index contributed by atoms with van der Waals surface area (Å²) >= 11 is 1.64. The van der Waals surface area contributed by atoms with Crippen LogP contribution in [-0.2, 0) is 9.78 Å². The molecule has 0 aromatic heterocycles. The predicted molar refractivity (Wildman–Crippen MR) is 33.1 cm³/mol. The second-order valence-electron chi connectivity index (χ2n) is 2.13. The molecule has 2 saturated heterocycles. The highest BCUT2D eigenvalue weighted by Crippen LogP contribution is 2.34. The highest BCUT2D eigenvalue weighted by molar-refractivity contribution is 7.97. The number of hydrogen-bond donors (Lipinski definition) is 2. The third kappa shape index (κ3) is 1.20. The third-order valence-electron chi connectivity index (χ3n) is 1.41. The average molecular weight is 148 g/mol. The Hall–Kier alpha value is 0.190. The van der Waals surface area contributed by atoms with Gasteiger partial charge in [-0.15, -0.1) is 0 Å². The lowest BCUT2D eigenvalue weighted by Crippen LogP contribution is -2.32. The van der Waals surface area contributed by atoms with Crippen LogP contribution in [0, 0.1) is 0 Å². The summed E-state index contributed by atoms with van der Waals surface area (Å²) in [4.78, 5) is 12.6. The first-order chi connectivity index (χ1) is 4.41. The Morgan fingerprint density at radius 3 is 3.11 bits per heavy atom. The van der Waals surface area contributed by atoms with Gasteiger partial charge in [0.1, 0.15) is 0 Å². The first kappa shape index (κ1) is 5.94. The molecule has 2 heterocycles. The second-order valence-corrected chi connectivity index (χ2v) is 3.03. The van der Waals surface area contributed by atoms with Gasteiger partial charge < -0.3 is 0 Å². The molecule has 0 aromatic rings. The second kappa shape index (κ2) is 2.10. The molecule has 0 aliphatic carbocycles. The quantitative estimate of drug-likeness (QED) is 0.283. The van der Waals surface area contributed by atoms with Crippen LogP contribution in [0.2, 0.25) is 0 Å². The van der Waals surface area contributed by atoms with E-state index in [1.165, 1.54) is 0 Å². The van der Waals surface area contributed by atoms with Crippen LogP contribution >= 0.6 is 11.9 Å². The molecule has 2 rings (SSSR count). The predicted octanol–water partition coefficient (Wildman–Crippen LogP) is -0.209. The van der Waals surface area contributed by atoms with E-state index >= 15 is 0 Å². The van der Waals surface area contributed by atoms with E-state index in [2.05, 4.69) is 10.3 Å². The van der Waals surface area contributed by atoms with Crippen molar-refractivity contribution in [3.8, 4) is 0 Å². The molecule has 0 amide bonds. The zero-order valence-electron chi connectivity index (χ0n) is 4.85. The van der Waals surface area contributed by atoms with Crippen LogP contribution in [0.4, 0.5) is 0 Å². The molecule has 2 aliphatic rings. The van der Waals surface area contributed by atoms with E-state index in [1.807, 2.05) is 0 Å². The van der Waals surface area contributed by atoms with Crippen molar-refractivity contribution in [3.05, 3.63) is 0 Å². The fourth-order valence-electron chi connectivity index (χ4n) is 0.769. The highest BCUT2D eigenvalue weighted by atomic mass is 32.2. The van der Waals surface area contributed by atoms with Crippen molar-refractivity contribution in [1.29, 1.82) is 0 Å². The lowest BCUT2D eigenvalue weighted by Gasteiger charge is -1.98. The van der Waals surface area contributed by atoms with Gasteiger partial charge in [-0.05, 0) is 0 Å². The van der Waals surface area contributed by atoms with Crippen LogP contribution in [0.15, 0.2) is 0 Å². The van der Waals surface area contributed by atoms with Crippen molar-refractivity contribution in [2.45, 2.75) is 12.2 Å². The largest absolute Gasteiger partial charge is 0.248 e. The Balaban J connectivity index is 1.92. The van der Waals surface area contributed by atoms with Crippen LogP contribution in [-0.4, -0.2) is 18.1 Å². The van der Waals surface area contributed by atoms with Crippen LogP contribution in [0.25, 0.3) is 0 Å². The summed E-state index contributed by atoms with van der Waals surface area (Å²) in [7, 11) is 0. The molecule has 5 heteroatoms. The maximum absolute atomic E-state index is 4.80. The SMILES string of the molecule is C1CC2(CNNS1)OO2. The normalized spacial score (nSPS) is 32.0. The van der Waals surface area contributed by atoms with Gasteiger partial charge >= 0.3 is 0 Å². The zero-order chi connectivity index (χ0) is 6.16. The Morgan fingerprint density at radius 2 is 2.33 bits per heavy atom. The average Bonchev–Trinajstić information content (AvgIpc) is 2.64. The Kier molecular flexibility index (Phi) is 1.39. The minimum Gasteiger partial charge on any atom is -0.242 e. The lowest BCUT2D eigenvalue weighted by molar-refractivity contribution is 0.0850. The fourth-order valence-corrected chi connectivity index (χ4v) is 1.46. The van der Waals surface area contributed by atoms with Crippen LogP contribution in [0.5, 0.6) is 0 Å². The first-order valence-corrected chi connectivity index (χ1v) is 3.86. The van der Waals surface area contributed by atoms with Gasteiger partial charge in [-0.25, -0.2) is 10.3 Å². The molecule has 0 aromatic carbocycles. The van der Waals surface area contributed by atoms with Crippen molar-refractivity contribution < 1.29 is 9.78 Å². The molecule has 0 unspecified atom stereocenters. The van der Waals surface area contributed by atoms with Crippen molar-refractivity contribution in [2.24, 2.45) is 0 Å². The number of nitrogens with one attached hydrogen (secondary N) is 2. The van der Waals surface area contributed by atoms with E-state index in [4.69, 9.17) is 9.78 Å². The molecular formula is C4H8N2O2S. The van der Waals surface area contributed by atoms with Gasteiger partial charge in [0.25, 0.3) is 0 Å². The van der Waals surface area contributed by atoms with Gasteiger partial charge in [-0.2, -0.15) is 9.78 Å². The molecule has 0 bridgehead atoms. The third-order valence-corrected chi connectivity index (χ3v) is 2.10. The van der Waals surface area contributed by atoms with Gasteiger partial charge in [-0.1, -0.05) is 11.9 Å². The molecule has 1 spiro atoms. The number of hydrazine groups is 1. The summed E-state index contributed by atoms with van der Waals surface area (Å²) < 4.78 is 0. The Labute approximate surface area is 57.3 Å². The van der Waals surface area contributed by atoms with Crippen molar-refractivity contribution in [1.82, 2.24) is 10.3 Å². The summed E-state index contributed by atoms with van der Waals surface area (Å²) in [5.74, 6) is 0.740. The van der Waals surface area contributed by atoms with E-state index in [0.29, 0.717) is 0 Å². The fraction of sp³-hybridized carbons (Fsp3) is 1.00. The van der Waals surface area contributed by atoms with Gasteiger partial charge in [0, 0.05) is 12.2 Å². The first-order valence-electron chi connectivity index (χ1n) is 2.88. The van der Waals surface area contributed by atoms with Crippen molar-refractivity contribution in [2.75, 3.05) is 12.3 Å². The molecule has 2 aliphatic heterocycles. The van der Waals surface area contributed by atoms with Crippen molar-refractivity contribution >= 4 is 11.9 Å². The monoisotopic (exact) mass is 148 g/mol. The van der Waals surface area contributed by atoms with Crippen LogP contribution in [0.1, 0.15) is 6.42 Å². The van der Waals surface area contributed by atoms with Crippen LogP contribution in [0.3, 0.4) is 0 Å². The minimum absolute atomic E-state index is 0.281. The summed E-state index contributed by atoms with van der Waals surface area (Å²) in [5, 5.41) is 0. The van der Waals surface area contributed by atoms with Gasteiger partial charge in [0.15, 0.2) is 0 Å². The Morgan fingerprint density at radius 1 is 1.44 bits per heavy atom. The molecule has 52 valence electrons. The minimum atomic E-state index is -0.281. The van der Waals surface area contributed by atoms with Crippen molar-refractivity contribution in [3.63, 3.8) is 0 Å². The molecule has 4 nitrogen and oxygen atoms in total. The summed E-state index contributed by atoms with van der Waals surface area (Å²) in [5.41, 5.74) is 2.96. The summed E-state index contributed by atoms with van der Waals surface area (Å²) in [6.45, 7) is 0.736. The highest BCUT2D eigenvalue weighted by Gasteiger charge is 2.48. The van der Waals surface area contributed by atoms with E-state index in [1.54, 1.807) is 11.9 Å². The van der Waals surface area contributed by atoms with Crippen LogP contribution < -0.4 is 10.3 Å². The van der Waals surface area contributed by atoms with Gasteiger partial charge in [0.2, 0.25) is 5.79 Å². The van der Waals surface area contributed by atoms with E-state index in [0.717, 1.165) is 18.7 Å². The molecule has 9 heavy (non-hydrogen) atoms. The van der Waals surface area contributed by atoms with E-state index < -0.39 is 0 Å². The molecular weight excluding hydrogens is 140 g/mol. The van der Waals surface area contributed by atoms with Gasteiger partial charge in [0.05, 0.1) is 6.54 Å². The van der Waals surface area contributed by atoms with Gasteiger partial charge in [-0.3, -0.25) is 0 Å². The maximum Gasteiger partial charge on any atom is 0.248 e. The summed E-state index contributed by atoms with van der Waals surface area (Å²) in [6, 6.07) is 0. The topological polar surface area (TPSA) is 49.1 Å². The Bertz CT molecular complexity index is 107. The lowest BCUT2D eigenvalue weighted by atomic mass is 10.2. The molecule has 0 radical (unpaired) electrons. The smallest absolute Gasteiger partial charge is 0.242 e. The molecule has 0 saturated carbocycles.